The van der Waals surface area contributed by atoms with Crippen LogP contribution in [0.15, 0.2) is 24.3 Å². The maximum Gasteiger partial charge on any atom is 0.276 e. The quantitative estimate of drug-likeness (QED) is 0.583. The van der Waals surface area contributed by atoms with E-state index in [2.05, 4.69) is 20.6 Å². The first-order chi connectivity index (χ1) is 17.4. The van der Waals surface area contributed by atoms with Gasteiger partial charge in [0.25, 0.3) is 5.91 Å². The van der Waals surface area contributed by atoms with Crippen molar-refractivity contribution < 1.29 is 18.8 Å². The van der Waals surface area contributed by atoms with Crippen molar-refractivity contribution in [2.45, 2.75) is 51.5 Å². The molecular weight excluding hydrogens is 463 g/mol. The summed E-state index contributed by atoms with van der Waals surface area (Å²) in [5, 5.41) is 9.97. The second kappa shape index (κ2) is 12.1. The summed E-state index contributed by atoms with van der Waals surface area (Å²) >= 11 is 0. The molecule has 3 amide bonds. The maximum atomic E-state index is 13.5. The number of fused-ring (bicyclic) bond motifs is 1. The van der Waals surface area contributed by atoms with Gasteiger partial charge >= 0.3 is 0 Å². The first kappa shape index (κ1) is 25.8. The highest BCUT2D eigenvalue weighted by Gasteiger charge is 2.29. The first-order valence-electron chi connectivity index (χ1n) is 12.8. The lowest BCUT2D eigenvalue weighted by Crippen LogP contribution is -2.38. The van der Waals surface area contributed by atoms with Crippen LogP contribution in [0.4, 0.5) is 10.1 Å². The number of aryl methyl sites for hydroxylation is 1. The number of hydrogen-bond acceptors (Lipinski definition) is 5. The van der Waals surface area contributed by atoms with E-state index in [0.717, 1.165) is 25.3 Å². The number of carbonyl (C=O) groups excluding carboxylic acids is 3. The molecule has 2 aliphatic rings. The number of halogens is 1. The number of amides is 3. The van der Waals surface area contributed by atoms with Gasteiger partial charge in [0.15, 0.2) is 5.69 Å². The molecule has 194 valence electrons. The number of anilines is 1. The Morgan fingerprint density at radius 3 is 2.58 bits per heavy atom. The van der Waals surface area contributed by atoms with E-state index in [0.29, 0.717) is 30.8 Å². The second-order valence-electron chi connectivity index (χ2n) is 9.53. The Balaban J connectivity index is 1.27. The minimum Gasteiger partial charge on any atom is -0.355 e. The second-order valence-corrected chi connectivity index (χ2v) is 9.53. The topological polar surface area (TPSA) is 99.6 Å². The van der Waals surface area contributed by atoms with E-state index in [9.17, 15) is 18.8 Å². The van der Waals surface area contributed by atoms with Crippen molar-refractivity contribution in [1.29, 1.82) is 0 Å². The SMILES string of the molecule is Cn1nc(C(=O)Nc2cccc(F)c2)c2c1CCN(C(=O)CCC(=O)NCCN1CCCCCC1)C2. The zero-order valence-corrected chi connectivity index (χ0v) is 20.9. The molecule has 0 unspecified atom stereocenters. The lowest BCUT2D eigenvalue weighted by Gasteiger charge is -2.27. The van der Waals surface area contributed by atoms with Crippen LogP contribution in [0.1, 0.15) is 60.3 Å². The molecule has 1 saturated heterocycles. The summed E-state index contributed by atoms with van der Waals surface area (Å²) in [6.07, 6.45) is 5.82. The van der Waals surface area contributed by atoms with Crippen molar-refractivity contribution in [3.05, 3.63) is 47.0 Å². The molecule has 1 aromatic heterocycles. The summed E-state index contributed by atoms with van der Waals surface area (Å²) < 4.78 is 15.2. The average Bonchev–Trinajstić information content (AvgIpc) is 3.01. The van der Waals surface area contributed by atoms with Crippen molar-refractivity contribution in [3.63, 3.8) is 0 Å². The van der Waals surface area contributed by atoms with E-state index in [4.69, 9.17) is 0 Å². The molecule has 9 nitrogen and oxygen atoms in total. The number of nitrogens with zero attached hydrogens (tertiary/aromatic N) is 4. The molecule has 2 N–H and O–H groups in total. The standard InChI is InChI=1S/C26H35FN6O3/c1-31-22-11-15-33(18-21(22)25(30-31)26(36)29-20-8-6-7-19(27)17-20)24(35)10-9-23(34)28-12-16-32-13-4-2-3-5-14-32/h6-8,17H,2-5,9-16,18H2,1H3,(H,28,34)(H,29,36). The molecule has 0 aliphatic carbocycles. The fourth-order valence-corrected chi connectivity index (χ4v) is 4.92. The number of nitrogens with one attached hydrogen (secondary N) is 2. The highest BCUT2D eigenvalue weighted by molar-refractivity contribution is 6.04. The van der Waals surface area contributed by atoms with Crippen molar-refractivity contribution in [1.82, 2.24) is 24.9 Å². The number of hydrogen-bond donors (Lipinski definition) is 2. The molecule has 0 saturated carbocycles. The molecule has 3 heterocycles. The zero-order valence-electron chi connectivity index (χ0n) is 20.9. The first-order valence-corrected chi connectivity index (χ1v) is 12.8. The van der Waals surface area contributed by atoms with E-state index in [1.165, 1.54) is 43.9 Å². The summed E-state index contributed by atoms with van der Waals surface area (Å²) in [5.41, 5.74) is 2.15. The van der Waals surface area contributed by atoms with Gasteiger partial charge in [-0.1, -0.05) is 18.9 Å². The summed E-state index contributed by atoms with van der Waals surface area (Å²) in [4.78, 5) is 42.1. The Morgan fingerprint density at radius 2 is 1.83 bits per heavy atom. The number of carbonyl (C=O) groups is 3. The third-order valence-electron chi connectivity index (χ3n) is 6.91. The third kappa shape index (κ3) is 6.69. The van der Waals surface area contributed by atoms with Gasteiger partial charge in [0.2, 0.25) is 11.8 Å². The summed E-state index contributed by atoms with van der Waals surface area (Å²) in [6, 6.07) is 5.66. The van der Waals surface area contributed by atoms with Crippen LogP contribution in [0, 0.1) is 5.82 Å². The smallest absolute Gasteiger partial charge is 0.276 e. The Hall–Kier alpha value is -3.27. The van der Waals surface area contributed by atoms with E-state index in [1.54, 1.807) is 22.7 Å². The number of aromatic nitrogens is 2. The lowest BCUT2D eigenvalue weighted by molar-refractivity contribution is -0.134. The van der Waals surface area contributed by atoms with Gasteiger partial charge in [-0.05, 0) is 44.1 Å². The van der Waals surface area contributed by atoms with Crippen molar-refractivity contribution in [2.75, 3.05) is 38.0 Å². The predicted octanol–water partition coefficient (Wildman–Crippen LogP) is 2.47. The van der Waals surface area contributed by atoms with Crippen LogP contribution in [0.2, 0.25) is 0 Å². The molecule has 1 fully saturated rings. The molecule has 0 atom stereocenters. The van der Waals surface area contributed by atoms with Crippen molar-refractivity contribution in [3.8, 4) is 0 Å². The minimum absolute atomic E-state index is 0.118. The average molecular weight is 499 g/mol. The van der Waals surface area contributed by atoms with Gasteiger partial charge in [0.05, 0.1) is 0 Å². The van der Waals surface area contributed by atoms with Crippen LogP contribution < -0.4 is 10.6 Å². The largest absolute Gasteiger partial charge is 0.355 e. The minimum atomic E-state index is -0.449. The maximum absolute atomic E-state index is 13.5. The monoisotopic (exact) mass is 498 g/mol. The van der Waals surface area contributed by atoms with Crippen LogP contribution in [0.25, 0.3) is 0 Å². The Kier molecular flexibility index (Phi) is 8.69. The van der Waals surface area contributed by atoms with E-state index >= 15 is 0 Å². The van der Waals surface area contributed by atoms with Crippen molar-refractivity contribution in [2.24, 2.45) is 7.05 Å². The molecular formula is C26H35FN6O3. The van der Waals surface area contributed by atoms with Gasteiger partial charge in [-0.15, -0.1) is 0 Å². The summed E-state index contributed by atoms with van der Waals surface area (Å²) in [7, 11) is 1.77. The molecule has 36 heavy (non-hydrogen) atoms. The Morgan fingerprint density at radius 1 is 1.06 bits per heavy atom. The molecule has 4 rings (SSSR count). The molecule has 0 spiro atoms. The van der Waals surface area contributed by atoms with Crippen molar-refractivity contribution >= 4 is 23.4 Å². The van der Waals surface area contributed by atoms with Crippen LogP contribution in [0.5, 0.6) is 0 Å². The number of likely N-dealkylation sites (tertiary alicyclic amines) is 1. The predicted molar refractivity (Wildman–Crippen MR) is 134 cm³/mol. The third-order valence-corrected chi connectivity index (χ3v) is 6.91. The number of rotatable bonds is 8. The lowest BCUT2D eigenvalue weighted by atomic mass is 10.0. The normalized spacial score (nSPS) is 16.2. The van der Waals surface area contributed by atoms with Gasteiger partial charge in [-0.3, -0.25) is 19.1 Å². The summed E-state index contributed by atoms with van der Waals surface area (Å²) in [5.74, 6) is -1.13. The Bertz CT molecular complexity index is 1090. The molecule has 2 aliphatic heterocycles. The van der Waals surface area contributed by atoms with E-state index < -0.39 is 11.7 Å². The van der Waals surface area contributed by atoms with Gasteiger partial charge in [0.1, 0.15) is 5.82 Å². The molecule has 0 bridgehead atoms. The highest BCUT2D eigenvalue weighted by Crippen LogP contribution is 2.24. The number of benzene rings is 1. The van der Waals surface area contributed by atoms with E-state index in [-0.39, 0.29) is 36.9 Å². The van der Waals surface area contributed by atoms with Gasteiger partial charge in [0, 0.05) is 69.4 Å². The van der Waals surface area contributed by atoms with Gasteiger partial charge in [-0.2, -0.15) is 5.10 Å². The summed E-state index contributed by atoms with van der Waals surface area (Å²) in [6.45, 7) is 4.37. The fraction of sp³-hybridized carbons (Fsp3) is 0.538. The molecule has 1 aromatic carbocycles. The zero-order chi connectivity index (χ0) is 25.5. The molecule has 10 heteroatoms. The molecule has 2 aromatic rings. The van der Waals surface area contributed by atoms with Gasteiger partial charge in [-0.25, -0.2) is 4.39 Å². The highest BCUT2D eigenvalue weighted by atomic mass is 19.1. The van der Waals surface area contributed by atoms with Crippen LogP contribution >= 0.6 is 0 Å². The van der Waals surface area contributed by atoms with Crippen LogP contribution in [0.3, 0.4) is 0 Å². The van der Waals surface area contributed by atoms with Gasteiger partial charge < -0.3 is 20.4 Å². The van der Waals surface area contributed by atoms with Crippen LogP contribution in [-0.2, 0) is 29.6 Å². The Labute approximate surface area is 211 Å². The fourth-order valence-electron chi connectivity index (χ4n) is 4.92. The molecule has 0 radical (unpaired) electrons. The van der Waals surface area contributed by atoms with Crippen LogP contribution in [-0.4, -0.2) is 70.0 Å². The van der Waals surface area contributed by atoms with E-state index in [1.807, 2.05) is 0 Å².